The molecule has 0 saturated heterocycles. The minimum absolute atomic E-state index is 0.0530. The Bertz CT molecular complexity index is 1310. The summed E-state index contributed by atoms with van der Waals surface area (Å²) >= 11 is 0. The second-order valence-corrected chi connectivity index (χ2v) is 11.7. The number of aryl methyl sites for hydroxylation is 2. The molecule has 7 heteroatoms. The molecule has 2 saturated carbocycles. The Kier molecular flexibility index (Phi) is 7.31. The van der Waals surface area contributed by atoms with Gasteiger partial charge in [-0.15, -0.1) is 10.2 Å². The average Bonchev–Trinajstić information content (AvgIpc) is 3.56. The Morgan fingerprint density at radius 2 is 1.92 bits per heavy atom. The molecule has 1 amide bonds. The molecule has 0 aliphatic heterocycles. The van der Waals surface area contributed by atoms with Crippen LogP contribution in [0.5, 0.6) is 0 Å². The summed E-state index contributed by atoms with van der Waals surface area (Å²) in [4.78, 5) is 28.2. The van der Waals surface area contributed by atoms with E-state index in [-0.39, 0.29) is 23.8 Å². The van der Waals surface area contributed by atoms with Crippen molar-refractivity contribution < 1.29 is 4.79 Å². The zero-order valence-corrected chi connectivity index (χ0v) is 22.5. The maximum atomic E-state index is 13.3. The van der Waals surface area contributed by atoms with E-state index in [1.165, 1.54) is 25.3 Å². The molecule has 2 aromatic heterocycles. The fourth-order valence-corrected chi connectivity index (χ4v) is 5.90. The van der Waals surface area contributed by atoms with E-state index < -0.39 is 0 Å². The van der Waals surface area contributed by atoms with Gasteiger partial charge in [0.05, 0.1) is 0 Å². The first-order chi connectivity index (χ1) is 17.8. The van der Waals surface area contributed by atoms with E-state index in [9.17, 15) is 9.59 Å². The van der Waals surface area contributed by atoms with Gasteiger partial charge in [-0.25, -0.2) is 0 Å². The molecule has 2 aliphatic rings. The number of carbonyl (C=O) groups is 1. The zero-order valence-electron chi connectivity index (χ0n) is 22.5. The van der Waals surface area contributed by atoms with Crippen molar-refractivity contribution in [3.8, 4) is 0 Å². The van der Waals surface area contributed by atoms with Crippen molar-refractivity contribution in [1.29, 1.82) is 0 Å². The summed E-state index contributed by atoms with van der Waals surface area (Å²) in [6, 6.07) is 11.7. The van der Waals surface area contributed by atoms with Gasteiger partial charge >= 0.3 is 0 Å². The number of benzene rings is 1. The summed E-state index contributed by atoms with van der Waals surface area (Å²) in [5.74, 6) is 3.68. The van der Waals surface area contributed by atoms with Crippen LogP contribution in [-0.2, 0) is 11.2 Å². The summed E-state index contributed by atoms with van der Waals surface area (Å²) < 4.78 is 2.35. The highest BCUT2D eigenvalue weighted by atomic mass is 16.1. The van der Waals surface area contributed by atoms with Crippen LogP contribution < -0.4 is 10.9 Å². The van der Waals surface area contributed by atoms with Crippen molar-refractivity contribution >= 4 is 11.6 Å². The van der Waals surface area contributed by atoms with Crippen LogP contribution in [0.2, 0.25) is 0 Å². The van der Waals surface area contributed by atoms with Crippen LogP contribution in [0.1, 0.15) is 98.7 Å². The number of aromatic amines is 1. The third-order valence-electron chi connectivity index (χ3n) is 7.81. The smallest absolute Gasteiger partial charge is 0.248 e. The van der Waals surface area contributed by atoms with Crippen molar-refractivity contribution in [3.05, 3.63) is 75.2 Å². The molecular weight excluding hydrogens is 462 g/mol. The molecular formula is C30H39N5O2. The number of H-pyrrole nitrogens is 1. The number of hydrogen-bond acceptors (Lipinski definition) is 4. The molecule has 2 aliphatic carbocycles. The fourth-order valence-electron chi connectivity index (χ4n) is 5.90. The largest absolute Gasteiger partial charge is 0.326 e. The molecule has 1 atom stereocenters. The second kappa shape index (κ2) is 10.6. The van der Waals surface area contributed by atoms with Crippen LogP contribution in [0.3, 0.4) is 0 Å². The van der Waals surface area contributed by atoms with Gasteiger partial charge in [0.1, 0.15) is 11.6 Å². The molecule has 1 aromatic carbocycles. The predicted molar refractivity (Wildman–Crippen MR) is 146 cm³/mol. The zero-order chi connectivity index (χ0) is 26.1. The van der Waals surface area contributed by atoms with Crippen LogP contribution in [0, 0.1) is 25.7 Å². The topological polar surface area (TPSA) is 92.7 Å². The van der Waals surface area contributed by atoms with E-state index in [4.69, 9.17) is 10.2 Å². The molecule has 0 spiro atoms. The van der Waals surface area contributed by atoms with Crippen LogP contribution in [0.4, 0.5) is 5.69 Å². The average molecular weight is 502 g/mol. The monoisotopic (exact) mass is 501 g/mol. The summed E-state index contributed by atoms with van der Waals surface area (Å²) in [6.07, 6.45) is 6.68. The molecule has 2 heterocycles. The number of carbonyl (C=O) groups excluding carboxylic acids is 1. The number of nitrogens with one attached hydrogen (secondary N) is 2. The van der Waals surface area contributed by atoms with Gasteiger partial charge in [-0.05, 0) is 81.9 Å². The normalized spacial score (nSPS) is 20.0. The molecule has 5 rings (SSSR count). The first-order valence-electron chi connectivity index (χ1n) is 13.8. The van der Waals surface area contributed by atoms with Crippen LogP contribution >= 0.6 is 0 Å². The lowest BCUT2D eigenvalue weighted by atomic mass is 9.71. The van der Waals surface area contributed by atoms with Gasteiger partial charge in [-0.3, -0.25) is 9.59 Å². The van der Waals surface area contributed by atoms with Gasteiger partial charge in [0, 0.05) is 41.7 Å². The SMILES string of the molecule is Cc1ccc(NC(=O)CC(Cc2cccc(=O)[nH]2)c2nnc([C@H]3C[C@@H](CC(C)C)C3)n2C2CC2)c(C)c1. The van der Waals surface area contributed by atoms with Crippen molar-refractivity contribution in [2.45, 2.75) is 90.5 Å². The third-order valence-corrected chi connectivity index (χ3v) is 7.81. The van der Waals surface area contributed by atoms with E-state index in [1.807, 2.05) is 32.0 Å². The van der Waals surface area contributed by atoms with Crippen molar-refractivity contribution in [1.82, 2.24) is 19.7 Å². The summed E-state index contributed by atoms with van der Waals surface area (Å²) in [5.41, 5.74) is 3.72. The molecule has 3 aromatic rings. The van der Waals surface area contributed by atoms with E-state index in [0.29, 0.717) is 18.4 Å². The Morgan fingerprint density at radius 3 is 2.59 bits per heavy atom. The van der Waals surface area contributed by atoms with Crippen molar-refractivity contribution in [2.75, 3.05) is 5.32 Å². The molecule has 2 N–H and O–H groups in total. The first kappa shape index (κ1) is 25.4. The van der Waals surface area contributed by atoms with Gasteiger partial charge in [-0.1, -0.05) is 37.6 Å². The molecule has 1 unspecified atom stereocenters. The van der Waals surface area contributed by atoms with Gasteiger partial charge in [0.15, 0.2) is 0 Å². The summed E-state index contributed by atoms with van der Waals surface area (Å²) in [5, 5.41) is 12.5. The molecule has 0 bridgehead atoms. The lowest BCUT2D eigenvalue weighted by Gasteiger charge is -2.36. The molecule has 7 nitrogen and oxygen atoms in total. The first-order valence-corrected chi connectivity index (χ1v) is 13.8. The lowest BCUT2D eigenvalue weighted by Crippen LogP contribution is -2.27. The number of amides is 1. The Balaban J connectivity index is 1.40. The number of anilines is 1. The maximum Gasteiger partial charge on any atom is 0.248 e. The highest BCUT2D eigenvalue weighted by Crippen LogP contribution is 2.48. The number of nitrogens with zero attached hydrogens (tertiary/aromatic N) is 3. The van der Waals surface area contributed by atoms with Crippen LogP contribution in [0.25, 0.3) is 0 Å². The standard InChI is InChI=1S/C30H39N5O2/c1-18(2)12-21-14-22(15-21)29-33-34-30(35(29)25-9-10-25)23(16-24-6-5-7-27(36)31-24)17-28(37)32-26-11-8-19(3)13-20(26)4/h5-8,11,13,18,21-23,25H,9-10,12,14-17H2,1-4H3,(H,31,36)(H,32,37)/t21-,22+,23?. The van der Waals surface area contributed by atoms with Gasteiger partial charge in [0.2, 0.25) is 11.5 Å². The van der Waals surface area contributed by atoms with E-state index >= 15 is 0 Å². The van der Waals surface area contributed by atoms with E-state index in [0.717, 1.165) is 58.8 Å². The Hall–Kier alpha value is -3.22. The molecule has 37 heavy (non-hydrogen) atoms. The number of pyridine rings is 1. The highest BCUT2D eigenvalue weighted by molar-refractivity contribution is 5.92. The minimum atomic E-state index is -0.183. The molecule has 0 radical (unpaired) electrons. The number of rotatable bonds is 10. The molecule has 2 fully saturated rings. The van der Waals surface area contributed by atoms with Crippen molar-refractivity contribution in [3.63, 3.8) is 0 Å². The predicted octanol–water partition coefficient (Wildman–Crippen LogP) is 5.81. The van der Waals surface area contributed by atoms with Crippen LogP contribution in [-0.4, -0.2) is 25.7 Å². The summed E-state index contributed by atoms with van der Waals surface area (Å²) in [7, 11) is 0. The highest BCUT2D eigenvalue weighted by Gasteiger charge is 2.39. The number of aromatic nitrogens is 4. The third kappa shape index (κ3) is 6.03. The van der Waals surface area contributed by atoms with E-state index in [1.54, 1.807) is 6.07 Å². The second-order valence-electron chi connectivity index (χ2n) is 11.7. The fraction of sp³-hybridized carbons (Fsp3) is 0.533. The quantitative estimate of drug-likeness (QED) is 0.366. The lowest BCUT2D eigenvalue weighted by molar-refractivity contribution is -0.116. The van der Waals surface area contributed by atoms with Crippen LogP contribution in [0.15, 0.2) is 41.2 Å². The minimum Gasteiger partial charge on any atom is -0.326 e. The van der Waals surface area contributed by atoms with Crippen molar-refractivity contribution in [2.24, 2.45) is 11.8 Å². The molecule has 196 valence electrons. The Labute approximate surface area is 219 Å². The number of hydrogen-bond donors (Lipinski definition) is 2. The van der Waals surface area contributed by atoms with Gasteiger partial charge < -0.3 is 14.9 Å². The maximum absolute atomic E-state index is 13.3. The van der Waals surface area contributed by atoms with Gasteiger partial charge in [-0.2, -0.15) is 0 Å². The van der Waals surface area contributed by atoms with Gasteiger partial charge in [0.25, 0.3) is 0 Å². The summed E-state index contributed by atoms with van der Waals surface area (Å²) in [6.45, 7) is 8.64. The Morgan fingerprint density at radius 1 is 1.14 bits per heavy atom. The van der Waals surface area contributed by atoms with E-state index in [2.05, 4.69) is 34.8 Å².